The molecule has 3 aromatic rings. The Morgan fingerprint density at radius 3 is 1.75 bits per heavy atom. The molecule has 0 amide bonds. The average molecular weight is 781 g/mol. The number of hydrogen-bond acceptors (Lipinski definition) is 16. The molecule has 0 radical (unpaired) electrons. The van der Waals surface area contributed by atoms with Crippen LogP contribution in [0.3, 0.4) is 0 Å². The first-order chi connectivity index (χ1) is 26.6. The maximum Gasteiger partial charge on any atom is 0.309 e. The normalized spacial score (nSPS) is 16.2. The van der Waals surface area contributed by atoms with Gasteiger partial charge in [0.1, 0.15) is 12.7 Å². The molecule has 4 rings (SSSR count). The summed E-state index contributed by atoms with van der Waals surface area (Å²) >= 11 is 0. The van der Waals surface area contributed by atoms with Crippen molar-refractivity contribution in [3.8, 4) is 34.5 Å². The Morgan fingerprint density at radius 2 is 1.18 bits per heavy atom. The van der Waals surface area contributed by atoms with Gasteiger partial charge in [-0.15, -0.1) is 0 Å². The van der Waals surface area contributed by atoms with Crippen LogP contribution in [-0.4, -0.2) is 76.5 Å². The van der Waals surface area contributed by atoms with Crippen molar-refractivity contribution in [2.24, 2.45) is 11.8 Å². The number of carbonyl (C=O) groups excluding carboxylic acids is 6. The number of hydrogen-bond donors (Lipinski definition) is 0. The van der Waals surface area contributed by atoms with E-state index in [1.54, 1.807) is 30.3 Å². The molecular formula is C40H44O16. The zero-order chi connectivity index (χ0) is 41.1. The Bertz CT molecular complexity index is 1940. The van der Waals surface area contributed by atoms with E-state index < -0.39 is 66.0 Å². The third-order valence-electron chi connectivity index (χ3n) is 8.50. The molecule has 0 aromatic heterocycles. The van der Waals surface area contributed by atoms with Crippen LogP contribution in [0.1, 0.15) is 63.5 Å². The molecule has 0 N–H and O–H groups in total. The minimum atomic E-state index is -1.19. The van der Waals surface area contributed by atoms with Gasteiger partial charge in [-0.1, -0.05) is 18.2 Å². The monoisotopic (exact) mass is 780 g/mol. The van der Waals surface area contributed by atoms with Gasteiger partial charge in [0.25, 0.3) is 0 Å². The molecule has 0 bridgehead atoms. The van der Waals surface area contributed by atoms with Crippen molar-refractivity contribution in [1.82, 2.24) is 0 Å². The molecule has 300 valence electrons. The first kappa shape index (κ1) is 42.4. The van der Waals surface area contributed by atoms with Crippen LogP contribution < -0.4 is 28.4 Å². The maximum absolute atomic E-state index is 13.1. The van der Waals surface area contributed by atoms with E-state index in [1.165, 1.54) is 80.2 Å². The smallest absolute Gasteiger partial charge is 0.309 e. The van der Waals surface area contributed by atoms with Gasteiger partial charge in [0, 0.05) is 46.1 Å². The van der Waals surface area contributed by atoms with E-state index >= 15 is 0 Å². The van der Waals surface area contributed by atoms with Crippen LogP contribution in [0.15, 0.2) is 54.6 Å². The summed E-state index contributed by atoms with van der Waals surface area (Å²) in [7, 11) is 4.17. The van der Waals surface area contributed by atoms with Gasteiger partial charge in [-0.25, -0.2) is 0 Å². The third kappa shape index (κ3) is 11.1. The van der Waals surface area contributed by atoms with Gasteiger partial charge in [-0.3, -0.25) is 28.8 Å². The molecule has 3 aromatic carbocycles. The van der Waals surface area contributed by atoms with E-state index in [2.05, 4.69) is 0 Å². The number of rotatable bonds is 17. The van der Waals surface area contributed by atoms with Gasteiger partial charge < -0.3 is 47.4 Å². The molecule has 1 aliphatic rings. The summed E-state index contributed by atoms with van der Waals surface area (Å²) in [6.07, 6.45) is -3.15. The second-order valence-corrected chi connectivity index (χ2v) is 12.6. The first-order valence-electron chi connectivity index (χ1n) is 17.3. The van der Waals surface area contributed by atoms with Crippen LogP contribution in [-0.2, 0) is 54.1 Å². The summed E-state index contributed by atoms with van der Waals surface area (Å²) in [4.78, 5) is 73.1. The van der Waals surface area contributed by atoms with Crippen LogP contribution >= 0.6 is 0 Å². The lowest BCUT2D eigenvalue weighted by molar-refractivity contribution is -0.157. The summed E-state index contributed by atoms with van der Waals surface area (Å²) in [5, 5.41) is 0. The van der Waals surface area contributed by atoms with Crippen LogP contribution in [0.25, 0.3) is 0 Å². The molecule has 1 aliphatic heterocycles. The minimum Gasteiger partial charge on any atom is -0.493 e. The fraction of sp³-hybridized carbons (Fsp3) is 0.400. The Morgan fingerprint density at radius 1 is 0.643 bits per heavy atom. The summed E-state index contributed by atoms with van der Waals surface area (Å²) in [5.74, 6) is -3.84. The summed E-state index contributed by atoms with van der Waals surface area (Å²) in [6.45, 7) is 5.72. The predicted octanol–water partition coefficient (Wildman–Crippen LogP) is 4.81. The summed E-state index contributed by atoms with van der Waals surface area (Å²) in [5.41, 5.74) is 1.47. The number of benzene rings is 3. The summed E-state index contributed by atoms with van der Waals surface area (Å²) < 4.78 is 55.6. The Hall–Kier alpha value is -6.32. The second-order valence-electron chi connectivity index (χ2n) is 12.6. The van der Waals surface area contributed by atoms with E-state index in [4.69, 9.17) is 47.4 Å². The van der Waals surface area contributed by atoms with Gasteiger partial charge in [-0.05, 0) is 53.9 Å². The van der Waals surface area contributed by atoms with Gasteiger partial charge in [0.05, 0.1) is 33.9 Å². The standard InChI is InChI=1S/C40H44O16/c1-21(41)50-20-37(39(55-25(5)45)28-11-13-32(53-23(3)43)35(18-28)48-7)56-33-14-10-27(17-36(33)49-8)38(54-24(4)44)30-19-51-40(46)29(30)15-26-9-12-31(52-22(2)42)34(16-26)47-6/h9-14,16-18,29-30,37-39H,15,19-20H2,1-8H3/t29-,30+,37+,38+,39+/m1/s1. The third-order valence-corrected chi connectivity index (χ3v) is 8.50. The molecule has 16 heteroatoms. The van der Waals surface area contributed by atoms with Crippen molar-refractivity contribution >= 4 is 35.8 Å². The molecule has 0 saturated carbocycles. The molecule has 5 atom stereocenters. The number of cyclic esters (lactones) is 1. The van der Waals surface area contributed by atoms with Crippen LogP contribution in [0.4, 0.5) is 0 Å². The molecule has 1 heterocycles. The zero-order valence-electron chi connectivity index (χ0n) is 32.2. The summed E-state index contributed by atoms with van der Waals surface area (Å²) in [6, 6.07) is 14.1. The maximum atomic E-state index is 13.1. The largest absolute Gasteiger partial charge is 0.493 e. The molecule has 0 aliphatic carbocycles. The Labute approximate surface area is 323 Å². The van der Waals surface area contributed by atoms with Crippen LogP contribution in [0.5, 0.6) is 34.5 Å². The van der Waals surface area contributed by atoms with Crippen molar-refractivity contribution in [2.45, 2.75) is 59.4 Å². The topological polar surface area (TPSA) is 195 Å². The van der Waals surface area contributed by atoms with Crippen LogP contribution in [0.2, 0.25) is 0 Å². The van der Waals surface area contributed by atoms with E-state index in [-0.39, 0.29) is 48.4 Å². The van der Waals surface area contributed by atoms with Crippen molar-refractivity contribution in [3.05, 3.63) is 71.3 Å². The minimum absolute atomic E-state index is 0.0566. The zero-order valence-corrected chi connectivity index (χ0v) is 32.2. The van der Waals surface area contributed by atoms with E-state index in [0.717, 1.165) is 0 Å². The quantitative estimate of drug-likeness (QED) is 0.103. The van der Waals surface area contributed by atoms with E-state index in [0.29, 0.717) is 22.4 Å². The molecule has 1 fully saturated rings. The molecule has 16 nitrogen and oxygen atoms in total. The Balaban J connectivity index is 1.70. The number of methoxy groups -OCH3 is 3. The van der Waals surface area contributed by atoms with Gasteiger partial charge in [0.2, 0.25) is 0 Å². The lowest BCUT2D eigenvalue weighted by atomic mass is 9.82. The molecule has 56 heavy (non-hydrogen) atoms. The highest BCUT2D eigenvalue weighted by Crippen LogP contribution is 2.43. The fourth-order valence-electron chi connectivity index (χ4n) is 6.16. The highest BCUT2D eigenvalue weighted by atomic mass is 16.6. The molecule has 0 spiro atoms. The van der Waals surface area contributed by atoms with Gasteiger partial charge in [-0.2, -0.15) is 0 Å². The molecule has 1 saturated heterocycles. The predicted molar refractivity (Wildman–Crippen MR) is 193 cm³/mol. The van der Waals surface area contributed by atoms with Crippen molar-refractivity contribution < 1.29 is 76.1 Å². The van der Waals surface area contributed by atoms with Gasteiger partial charge >= 0.3 is 35.8 Å². The molecule has 0 unspecified atom stereocenters. The highest BCUT2D eigenvalue weighted by molar-refractivity contribution is 5.76. The van der Waals surface area contributed by atoms with E-state index in [9.17, 15) is 28.8 Å². The number of ether oxygens (including phenoxy) is 10. The average Bonchev–Trinajstić information content (AvgIpc) is 3.50. The Kier molecular flexibility index (Phi) is 14.6. The van der Waals surface area contributed by atoms with Gasteiger partial charge in [0.15, 0.2) is 46.7 Å². The van der Waals surface area contributed by atoms with Crippen molar-refractivity contribution in [1.29, 1.82) is 0 Å². The van der Waals surface area contributed by atoms with Crippen molar-refractivity contribution in [2.75, 3.05) is 34.5 Å². The number of esters is 6. The SMILES string of the molecule is COc1cc(C[C@H]2C(=O)OC[C@@H]2[C@@H](OC(C)=O)c2ccc(O[C@@H](COC(C)=O)[C@@H](OC(C)=O)c3ccc(OC(C)=O)c(OC)c3)c(OC)c2)ccc1OC(C)=O. The lowest BCUT2D eigenvalue weighted by Gasteiger charge is -2.29. The number of carbonyl (C=O) groups is 6. The first-order valence-corrected chi connectivity index (χ1v) is 17.3. The van der Waals surface area contributed by atoms with E-state index in [1.807, 2.05) is 0 Å². The van der Waals surface area contributed by atoms with Crippen molar-refractivity contribution in [3.63, 3.8) is 0 Å². The highest BCUT2D eigenvalue weighted by Gasteiger charge is 2.44. The van der Waals surface area contributed by atoms with Crippen LogP contribution in [0, 0.1) is 11.8 Å². The second kappa shape index (κ2) is 19.3. The fourth-order valence-corrected chi connectivity index (χ4v) is 6.16. The molecular weight excluding hydrogens is 736 g/mol. The lowest BCUT2D eigenvalue weighted by Crippen LogP contribution is -2.34.